The lowest BCUT2D eigenvalue weighted by Gasteiger charge is -2.15. The fraction of sp³-hybridized carbons (Fsp3) is 0.235. The molecule has 2 aromatic carbocycles. The van der Waals surface area contributed by atoms with E-state index in [4.69, 9.17) is 32.7 Å². The number of hydrogen-bond acceptors (Lipinski definition) is 3. The molecule has 0 fully saturated rings. The van der Waals surface area contributed by atoms with Gasteiger partial charge in [-0.05, 0) is 37.1 Å². The van der Waals surface area contributed by atoms with Crippen molar-refractivity contribution in [2.75, 3.05) is 24.9 Å². The lowest BCUT2D eigenvalue weighted by atomic mass is 10.2. The molecular weight excluding hydrogens is 351 g/mol. The van der Waals surface area contributed by atoms with Gasteiger partial charge in [-0.15, -0.1) is 0 Å². The molecule has 2 rings (SSSR count). The molecule has 0 spiro atoms. The molecule has 0 saturated heterocycles. The number of carbonyl (C=O) groups is 1. The predicted octanol–water partition coefficient (Wildman–Crippen LogP) is 5.27. The van der Waals surface area contributed by atoms with Gasteiger partial charge in [0.25, 0.3) is 0 Å². The van der Waals surface area contributed by atoms with Crippen LogP contribution in [-0.4, -0.2) is 20.3 Å². The molecule has 5 nitrogen and oxygen atoms in total. The van der Waals surface area contributed by atoms with E-state index in [9.17, 15) is 4.79 Å². The first-order valence-electron chi connectivity index (χ1n) is 7.12. The highest BCUT2D eigenvalue weighted by molar-refractivity contribution is 6.32. The zero-order valence-electron chi connectivity index (χ0n) is 13.8. The van der Waals surface area contributed by atoms with E-state index in [2.05, 4.69) is 10.6 Å². The second-order valence-electron chi connectivity index (χ2n) is 5.18. The van der Waals surface area contributed by atoms with Gasteiger partial charge in [0.1, 0.15) is 11.5 Å². The van der Waals surface area contributed by atoms with Crippen molar-refractivity contribution in [1.82, 2.24) is 0 Å². The highest BCUT2D eigenvalue weighted by Gasteiger charge is 2.13. The third-order valence-electron chi connectivity index (χ3n) is 3.46. The Morgan fingerprint density at radius 3 is 1.54 bits per heavy atom. The van der Waals surface area contributed by atoms with Crippen LogP contribution in [0.2, 0.25) is 10.0 Å². The molecule has 0 bridgehead atoms. The number of anilines is 2. The summed E-state index contributed by atoms with van der Waals surface area (Å²) in [5, 5.41) is 6.61. The minimum Gasteiger partial charge on any atom is -0.495 e. The van der Waals surface area contributed by atoms with Gasteiger partial charge in [0.05, 0.1) is 25.6 Å². The van der Waals surface area contributed by atoms with E-state index in [0.717, 1.165) is 11.1 Å². The van der Waals surface area contributed by atoms with Gasteiger partial charge in [0.15, 0.2) is 0 Å². The number of halogens is 2. The Kier molecular flexibility index (Phi) is 5.80. The summed E-state index contributed by atoms with van der Waals surface area (Å²) in [5.74, 6) is 0.944. The first-order valence-corrected chi connectivity index (χ1v) is 7.87. The zero-order valence-corrected chi connectivity index (χ0v) is 15.3. The minimum atomic E-state index is -0.435. The molecule has 0 unspecified atom stereocenters. The van der Waals surface area contributed by atoms with Crippen LogP contribution in [0.3, 0.4) is 0 Å². The maximum absolute atomic E-state index is 12.3. The van der Waals surface area contributed by atoms with Crippen LogP contribution < -0.4 is 20.1 Å². The highest BCUT2D eigenvalue weighted by Crippen LogP contribution is 2.33. The second-order valence-corrected chi connectivity index (χ2v) is 6.00. The molecule has 7 heteroatoms. The van der Waals surface area contributed by atoms with Gasteiger partial charge in [0.2, 0.25) is 0 Å². The zero-order chi connectivity index (χ0) is 17.9. The number of amides is 2. The molecule has 128 valence electrons. The fourth-order valence-electron chi connectivity index (χ4n) is 2.14. The van der Waals surface area contributed by atoms with Crippen molar-refractivity contribution in [3.05, 3.63) is 45.4 Å². The van der Waals surface area contributed by atoms with Crippen molar-refractivity contribution in [3.8, 4) is 11.5 Å². The second kappa shape index (κ2) is 7.64. The van der Waals surface area contributed by atoms with Gasteiger partial charge in [-0.2, -0.15) is 0 Å². The number of nitrogens with one attached hydrogen (secondary N) is 2. The fourth-order valence-corrected chi connectivity index (χ4v) is 2.44. The molecule has 0 saturated carbocycles. The molecule has 0 aliphatic rings. The van der Waals surface area contributed by atoms with Crippen LogP contribution in [0.5, 0.6) is 11.5 Å². The Morgan fingerprint density at radius 2 is 1.21 bits per heavy atom. The maximum Gasteiger partial charge on any atom is 0.323 e. The average molecular weight is 369 g/mol. The summed E-state index contributed by atoms with van der Waals surface area (Å²) in [7, 11) is 3.02. The first kappa shape index (κ1) is 18.2. The van der Waals surface area contributed by atoms with E-state index < -0.39 is 6.03 Å². The third-order valence-corrected chi connectivity index (χ3v) is 4.27. The van der Waals surface area contributed by atoms with Crippen LogP contribution in [0.1, 0.15) is 11.1 Å². The van der Waals surface area contributed by atoms with E-state index >= 15 is 0 Å². The SMILES string of the molecule is COc1cc(Cl)c(C)cc1NC(=O)Nc1cc(C)c(Cl)cc1OC. The van der Waals surface area contributed by atoms with Gasteiger partial charge < -0.3 is 20.1 Å². The van der Waals surface area contributed by atoms with E-state index in [1.165, 1.54) is 14.2 Å². The number of aryl methyl sites for hydroxylation is 2. The predicted molar refractivity (Wildman–Crippen MR) is 98.1 cm³/mol. The number of hydrogen-bond donors (Lipinski definition) is 2. The Bertz CT molecular complexity index is 715. The molecule has 0 aliphatic heterocycles. The van der Waals surface area contributed by atoms with Crippen LogP contribution in [0.15, 0.2) is 24.3 Å². The normalized spacial score (nSPS) is 10.2. The molecule has 0 aromatic heterocycles. The van der Waals surface area contributed by atoms with Gasteiger partial charge in [-0.1, -0.05) is 23.2 Å². The Morgan fingerprint density at radius 1 is 0.833 bits per heavy atom. The number of ether oxygens (including phenoxy) is 2. The monoisotopic (exact) mass is 368 g/mol. The molecule has 2 amide bonds. The standard InChI is InChI=1S/C17H18Cl2N2O3/c1-9-5-13(15(23-3)7-11(9)18)20-17(22)21-14-6-10(2)12(19)8-16(14)24-4/h5-8H,1-4H3,(H2,20,21,22). The summed E-state index contributed by atoms with van der Waals surface area (Å²) in [6, 6.07) is 6.35. The lowest BCUT2D eigenvalue weighted by Crippen LogP contribution is -2.20. The van der Waals surface area contributed by atoms with E-state index in [0.29, 0.717) is 32.9 Å². The quantitative estimate of drug-likeness (QED) is 0.772. The topological polar surface area (TPSA) is 59.6 Å². The molecule has 0 heterocycles. The molecule has 2 aromatic rings. The summed E-state index contributed by atoms with van der Waals surface area (Å²) in [6.07, 6.45) is 0. The van der Waals surface area contributed by atoms with E-state index in [1.54, 1.807) is 24.3 Å². The van der Waals surface area contributed by atoms with Gasteiger partial charge in [-0.25, -0.2) is 4.79 Å². The van der Waals surface area contributed by atoms with Crippen LogP contribution >= 0.6 is 23.2 Å². The largest absolute Gasteiger partial charge is 0.495 e. The molecule has 24 heavy (non-hydrogen) atoms. The Balaban J connectivity index is 2.23. The van der Waals surface area contributed by atoms with Crippen molar-refractivity contribution in [3.63, 3.8) is 0 Å². The molecule has 2 N–H and O–H groups in total. The van der Waals surface area contributed by atoms with Crippen LogP contribution in [0.4, 0.5) is 16.2 Å². The van der Waals surface area contributed by atoms with E-state index in [-0.39, 0.29) is 0 Å². The number of benzene rings is 2. The number of rotatable bonds is 4. The van der Waals surface area contributed by atoms with E-state index in [1.807, 2.05) is 13.8 Å². The highest BCUT2D eigenvalue weighted by atomic mass is 35.5. The summed E-state index contributed by atoms with van der Waals surface area (Å²) in [5.41, 5.74) is 2.68. The van der Waals surface area contributed by atoms with Crippen LogP contribution in [0, 0.1) is 13.8 Å². The number of carbonyl (C=O) groups excluding carboxylic acids is 1. The Labute approximate surface area is 150 Å². The molecule has 0 aliphatic carbocycles. The van der Waals surface area contributed by atoms with Gasteiger partial charge in [-0.3, -0.25) is 0 Å². The maximum atomic E-state index is 12.3. The van der Waals surface area contributed by atoms with Gasteiger partial charge >= 0.3 is 6.03 Å². The number of urea groups is 1. The Hall–Kier alpha value is -2.11. The van der Waals surface area contributed by atoms with Crippen molar-refractivity contribution >= 4 is 40.6 Å². The summed E-state index contributed by atoms with van der Waals surface area (Å²) in [4.78, 5) is 12.3. The van der Waals surface area contributed by atoms with Crippen molar-refractivity contribution in [2.24, 2.45) is 0 Å². The smallest absolute Gasteiger partial charge is 0.323 e. The lowest BCUT2D eigenvalue weighted by molar-refractivity contribution is 0.262. The van der Waals surface area contributed by atoms with Crippen LogP contribution in [0.25, 0.3) is 0 Å². The van der Waals surface area contributed by atoms with Gasteiger partial charge in [0, 0.05) is 22.2 Å². The third kappa shape index (κ3) is 4.04. The molecular formula is C17H18Cl2N2O3. The van der Waals surface area contributed by atoms with Crippen molar-refractivity contribution in [2.45, 2.75) is 13.8 Å². The summed E-state index contributed by atoms with van der Waals surface area (Å²) >= 11 is 12.1. The summed E-state index contributed by atoms with van der Waals surface area (Å²) in [6.45, 7) is 3.69. The minimum absolute atomic E-state index is 0.435. The molecule has 0 atom stereocenters. The molecule has 0 radical (unpaired) electrons. The van der Waals surface area contributed by atoms with Crippen LogP contribution in [-0.2, 0) is 0 Å². The van der Waals surface area contributed by atoms with Crippen molar-refractivity contribution < 1.29 is 14.3 Å². The first-order chi connectivity index (χ1) is 11.3. The van der Waals surface area contributed by atoms with Crippen molar-refractivity contribution in [1.29, 1.82) is 0 Å². The average Bonchev–Trinajstić information content (AvgIpc) is 2.53. The summed E-state index contributed by atoms with van der Waals surface area (Å²) < 4.78 is 10.5. The number of methoxy groups -OCH3 is 2.